The van der Waals surface area contributed by atoms with E-state index in [2.05, 4.69) is 350 Å². The van der Waals surface area contributed by atoms with Crippen LogP contribution in [0.2, 0.25) is 0 Å². The maximum Gasteiger partial charge on any atom is 0.164 e. The summed E-state index contributed by atoms with van der Waals surface area (Å²) in [6, 6.07) is 136. The minimum atomic E-state index is 0.0578. The Labute approximate surface area is 683 Å². The van der Waals surface area contributed by atoms with Gasteiger partial charge in [0.1, 0.15) is 22.7 Å². The number of para-hydroxylation sites is 2. The summed E-state index contributed by atoms with van der Waals surface area (Å²) in [4.78, 5) is 35.6. The number of aromatic nitrogens is 6. The van der Waals surface area contributed by atoms with Crippen molar-refractivity contribution < 1.29 is 8.83 Å². The van der Waals surface area contributed by atoms with Crippen molar-refractivity contribution in [2.45, 2.75) is 23.9 Å². The molecular formula is C108H72N8O2. The first-order valence-corrected chi connectivity index (χ1v) is 40.1. The number of anilines is 4. The predicted molar refractivity (Wildman–Crippen MR) is 478 cm³/mol. The monoisotopic (exact) mass is 1510 g/mol. The van der Waals surface area contributed by atoms with Gasteiger partial charge in [0.2, 0.25) is 0 Å². The number of benzene rings is 15. The molecule has 2 aliphatic heterocycles. The lowest BCUT2D eigenvalue weighted by molar-refractivity contribution is 0.584. The molecule has 556 valence electrons. The molecule has 4 unspecified atom stereocenters. The van der Waals surface area contributed by atoms with Gasteiger partial charge >= 0.3 is 0 Å². The third-order valence-corrected chi connectivity index (χ3v) is 23.4. The van der Waals surface area contributed by atoms with Crippen molar-refractivity contribution in [2.24, 2.45) is 0 Å². The fourth-order valence-electron chi connectivity index (χ4n) is 17.8. The molecule has 0 radical (unpaired) electrons. The van der Waals surface area contributed by atoms with Gasteiger partial charge < -0.3 is 18.6 Å². The zero-order valence-corrected chi connectivity index (χ0v) is 64.0. The normalized spacial score (nSPS) is 15.2. The molecule has 0 saturated carbocycles. The number of nitrogens with zero attached hydrogens (tertiary/aromatic N) is 8. The summed E-state index contributed by atoms with van der Waals surface area (Å²) in [5.74, 6) is 5.65. The second kappa shape index (κ2) is 29.5. The number of rotatable bonds is 13. The number of hydrogen-bond acceptors (Lipinski definition) is 10. The molecule has 15 aromatic carbocycles. The van der Waals surface area contributed by atoms with Crippen LogP contribution in [-0.2, 0) is 0 Å². The molecule has 6 heterocycles. The molecule has 4 atom stereocenters. The average molecular weight is 1510 g/mol. The minimum absolute atomic E-state index is 0.0578. The summed E-state index contributed by atoms with van der Waals surface area (Å²) < 4.78 is 13.2. The largest absolute Gasteiger partial charge is 0.456 e. The van der Waals surface area contributed by atoms with Gasteiger partial charge in [-0.3, -0.25) is 0 Å². The molecule has 4 aromatic heterocycles. The van der Waals surface area contributed by atoms with E-state index in [0.29, 0.717) is 34.9 Å². The van der Waals surface area contributed by atoms with Crippen LogP contribution in [0.5, 0.6) is 0 Å². The summed E-state index contributed by atoms with van der Waals surface area (Å²) in [7, 11) is 0. The van der Waals surface area contributed by atoms with E-state index in [0.717, 1.165) is 100 Å². The van der Waals surface area contributed by atoms with Crippen molar-refractivity contribution >= 4 is 56.8 Å². The van der Waals surface area contributed by atoms with E-state index in [9.17, 15) is 0 Å². The van der Waals surface area contributed by atoms with Crippen molar-refractivity contribution in [3.8, 4) is 124 Å². The highest BCUT2D eigenvalue weighted by Gasteiger charge is 2.45. The number of furan rings is 2. The predicted octanol–water partition coefficient (Wildman–Crippen LogP) is 26.9. The molecule has 0 fully saturated rings. The highest BCUT2D eigenvalue weighted by molar-refractivity contribution is 5.95. The molecule has 23 rings (SSSR count). The van der Waals surface area contributed by atoms with Crippen molar-refractivity contribution in [1.82, 2.24) is 29.9 Å². The fraction of sp³-hybridized carbons (Fsp3) is 0.0370. The van der Waals surface area contributed by atoms with Crippen molar-refractivity contribution in [1.29, 1.82) is 0 Å². The van der Waals surface area contributed by atoms with Crippen LogP contribution in [0.15, 0.2) is 409 Å². The van der Waals surface area contributed by atoms with Crippen molar-refractivity contribution in [3.05, 3.63) is 434 Å². The van der Waals surface area contributed by atoms with Crippen LogP contribution in [0.1, 0.15) is 45.6 Å². The molecule has 4 aliphatic rings. The summed E-state index contributed by atoms with van der Waals surface area (Å²) in [6.07, 6.45) is 8.93. The Morgan fingerprint density at radius 1 is 0.212 bits per heavy atom. The van der Waals surface area contributed by atoms with Crippen molar-refractivity contribution in [3.63, 3.8) is 0 Å². The molecule has 10 heteroatoms. The Morgan fingerprint density at radius 2 is 0.492 bits per heavy atom. The Kier molecular flexibility index (Phi) is 17.3. The first kappa shape index (κ1) is 69.2. The van der Waals surface area contributed by atoms with Crippen LogP contribution < -0.4 is 9.80 Å². The lowest BCUT2D eigenvalue weighted by Crippen LogP contribution is -2.30. The summed E-state index contributed by atoms with van der Waals surface area (Å²) in [5, 5.41) is 2.14. The molecule has 0 saturated heterocycles. The van der Waals surface area contributed by atoms with E-state index >= 15 is 0 Å². The lowest BCUT2D eigenvalue weighted by atomic mass is 9.82. The second-order valence-electron chi connectivity index (χ2n) is 30.3. The van der Waals surface area contributed by atoms with Gasteiger partial charge in [-0.25, -0.2) is 29.9 Å². The van der Waals surface area contributed by atoms with Crippen LogP contribution in [-0.4, -0.2) is 42.0 Å². The van der Waals surface area contributed by atoms with Crippen LogP contribution in [0.4, 0.5) is 22.7 Å². The molecule has 118 heavy (non-hydrogen) atoms. The van der Waals surface area contributed by atoms with E-state index in [1.165, 1.54) is 67.0 Å². The average Bonchev–Trinajstić information content (AvgIpc) is 1.56. The van der Waals surface area contributed by atoms with Crippen LogP contribution >= 0.6 is 0 Å². The third-order valence-electron chi connectivity index (χ3n) is 23.4. The first-order valence-electron chi connectivity index (χ1n) is 40.1. The molecular weight excluding hydrogens is 1440 g/mol. The standard InChI is InChI=1S/C57H38N4O.C51H34N4O/c1-4-14-37(15-5-1)40-26-29-46(30-27-40)61-49-25-11-10-24-47(49)53-50(61)31-33-52-54(53)48-36-45(28-32-51(48)62-52)57-59-55(43-22-12-20-41(34-43)38-16-6-2-7-17-38)58-56(60-57)44-23-13-21-42(35-44)39-18-8-3-9-19-39;1-4-13-33(14-5-1)34-23-25-35(26-24-34)38-19-12-20-40(31-38)55-43-22-11-10-21-41(43)47-44(55)28-30-46-48(47)42-32-39(27-29-45(42)56-46)51-53-49(36-15-6-2-7-16-36)52-50(54-51)37-17-8-3-9-18-37/h1-36,50,53H;1-32,44,47H. The third kappa shape index (κ3) is 12.6. The highest BCUT2D eigenvalue weighted by Crippen LogP contribution is 2.56. The fourth-order valence-corrected chi connectivity index (χ4v) is 17.8. The minimum Gasteiger partial charge on any atom is -0.456 e. The smallest absolute Gasteiger partial charge is 0.164 e. The van der Waals surface area contributed by atoms with Gasteiger partial charge in [-0.15, -0.1) is 0 Å². The van der Waals surface area contributed by atoms with Crippen molar-refractivity contribution in [2.75, 3.05) is 9.80 Å². The molecule has 0 spiro atoms. The second-order valence-corrected chi connectivity index (χ2v) is 30.3. The zero-order chi connectivity index (χ0) is 78.0. The Hall–Kier alpha value is -15.5. The molecule has 0 N–H and O–H groups in total. The molecule has 0 amide bonds. The van der Waals surface area contributed by atoms with E-state index in [4.69, 9.17) is 38.7 Å². The van der Waals surface area contributed by atoms with Gasteiger partial charge in [0.25, 0.3) is 0 Å². The Bertz CT molecular complexity index is 6910. The van der Waals surface area contributed by atoms with Gasteiger partial charge in [-0.05, 0) is 164 Å². The Morgan fingerprint density at radius 3 is 0.898 bits per heavy atom. The first-order chi connectivity index (χ1) is 58.5. The lowest BCUT2D eigenvalue weighted by Gasteiger charge is -2.30. The number of hydrogen-bond donors (Lipinski definition) is 0. The zero-order valence-electron chi connectivity index (χ0n) is 64.0. The SMILES string of the molecule is C1=CC2C(c3ccccc3N2c2ccc(-c3ccccc3)cc2)c2c1oc1ccc(-c3nc(-c4cccc(-c5ccccc5)c4)nc(-c4cccc(-c5ccccc5)c4)n3)cc21.C1=CC2C(c3ccccc3N2c2cccc(-c3ccc(-c4ccccc4)cc3)c2)c2c1oc1ccc(-c3nc(-c4ccccc4)nc(-c4ccccc4)n3)cc21. The molecule has 0 bridgehead atoms. The maximum absolute atomic E-state index is 6.65. The van der Waals surface area contributed by atoms with E-state index in [1.54, 1.807) is 0 Å². The Balaban J connectivity index is 0.000000143. The van der Waals surface area contributed by atoms with E-state index in [1.807, 2.05) is 72.8 Å². The van der Waals surface area contributed by atoms with Crippen LogP contribution in [0.25, 0.3) is 158 Å². The van der Waals surface area contributed by atoms with E-state index < -0.39 is 0 Å². The van der Waals surface area contributed by atoms with Gasteiger partial charge in [0.15, 0.2) is 34.9 Å². The topological polar surface area (TPSA) is 110 Å². The van der Waals surface area contributed by atoms with E-state index in [-0.39, 0.29) is 23.9 Å². The summed E-state index contributed by atoms with van der Waals surface area (Å²) in [6.45, 7) is 0. The molecule has 19 aromatic rings. The molecule has 2 aliphatic carbocycles. The number of fused-ring (bicyclic) bond motifs is 14. The van der Waals surface area contributed by atoms with Crippen LogP contribution in [0, 0.1) is 0 Å². The van der Waals surface area contributed by atoms with Gasteiger partial charge in [-0.1, -0.05) is 315 Å². The van der Waals surface area contributed by atoms with Crippen LogP contribution in [0.3, 0.4) is 0 Å². The molecule has 10 nitrogen and oxygen atoms in total. The van der Waals surface area contributed by atoms with Gasteiger partial charge in [-0.2, -0.15) is 0 Å². The van der Waals surface area contributed by atoms with Gasteiger partial charge in [0.05, 0.1) is 12.1 Å². The highest BCUT2D eigenvalue weighted by atomic mass is 16.3. The maximum atomic E-state index is 6.65. The quantitative estimate of drug-likeness (QED) is 0.111. The summed E-state index contributed by atoms with van der Waals surface area (Å²) in [5.41, 5.74) is 28.6. The van der Waals surface area contributed by atoms with Gasteiger partial charge in [0, 0.05) is 89.9 Å². The summed E-state index contributed by atoms with van der Waals surface area (Å²) >= 11 is 0.